The standard InChI is InChI=1S/C19H21N7O3S2/c1-13(27)24-31(28,29)15-4-2-14(3-5-15)23-19(30)26-10-8-25(9-11-26)18-16-6-7-20-17(16)21-12-22-18/h2-7,12H,8-11H2,1H3,(H,23,30)(H,24,27)(H,20,21,22). The van der Waals surface area contributed by atoms with Crippen LogP contribution in [0.15, 0.2) is 47.8 Å². The van der Waals surface area contributed by atoms with Crippen LogP contribution in [0.4, 0.5) is 11.5 Å². The third-order valence-electron chi connectivity index (χ3n) is 4.89. The number of anilines is 2. The van der Waals surface area contributed by atoms with Crippen molar-refractivity contribution in [1.29, 1.82) is 0 Å². The molecule has 162 valence electrons. The molecule has 1 aliphatic rings. The van der Waals surface area contributed by atoms with Crippen LogP contribution < -0.4 is 14.9 Å². The Morgan fingerprint density at radius 1 is 1.10 bits per heavy atom. The molecule has 2 aromatic heterocycles. The molecule has 3 N–H and O–H groups in total. The highest BCUT2D eigenvalue weighted by Crippen LogP contribution is 2.23. The predicted molar refractivity (Wildman–Crippen MR) is 121 cm³/mol. The molecule has 10 nitrogen and oxygen atoms in total. The summed E-state index contributed by atoms with van der Waals surface area (Å²) in [6.45, 7) is 4.10. The molecule has 0 atom stereocenters. The largest absolute Gasteiger partial charge is 0.352 e. The number of benzene rings is 1. The molecule has 1 saturated heterocycles. The van der Waals surface area contributed by atoms with Crippen LogP contribution in [0.5, 0.6) is 0 Å². The molecule has 0 saturated carbocycles. The second-order valence-electron chi connectivity index (χ2n) is 7.03. The van der Waals surface area contributed by atoms with Gasteiger partial charge in [0.2, 0.25) is 5.91 Å². The number of piperazine rings is 1. The molecule has 1 aromatic carbocycles. The van der Waals surface area contributed by atoms with Gasteiger partial charge in [0, 0.05) is 45.0 Å². The SMILES string of the molecule is CC(=O)NS(=O)(=O)c1ccc(NC(=S)N2CCN(c3ncnc4[nH]ccc34)CC2)cc1. The first-order valence-corrected chi connectivity index (χ1v) is 11.4. The van der Waals surface area contributed by atoms with Gasteiger partial charge in [0.15, 0.2) is 5.11 Å². The maximum absolute atomic E-state index is 12.0. The third kappa shape index (κ3) is 4.59. The van der Waals surface area contributed by atoms with Gasteiger partial charge in [-0.2, -0.15) is 0 Å². The highest BCUT2D eigenvalue weighted by Gasteiger charge is 2.22. The van der Waals surface area contributed by atoms with Crippen LogP contribution in [0.3, 0.4) is 0 Å². The lowest BCUT2D eigenvalue weighted by atomic mass is 10.3. The van der Waals surface area contributed by atoms with Gasteiger partial charge in [0.25, 0.3) is 10.0 Å². The van der Waals surface area contributed by atoms with Crippen molar-refractivity contribution in [3.8, 4) is 0 Å². The van der Waals surface area contributed by atoms with Crippen LogP contribution in [0.1, 0.15) is 6.92 Å². The molecule has 3 aromatic rings. The second-order valence-corrected chi connectivity index (χ2v) is 9.10. The maximum atomic E-state index is 12.0. The highest BCUT2D eigenvalue weighted by atomic mass is 32.2. The summed E-state index contributed by atoms with van der Waals surface area (Å²) in [6, 6.07) is 8.04. The van der Waals surface area contributed by atoms with E-state index < -0.39 is 15.9 Å². The van der Waals surface area contributed by atoms with Crippen LogP contribution in [-0.4, -0.2) is 65.5 Å². The quantitative estimate of drug-likeness (QED) is 0.495. The van der Waals surface area contributed by atoms with E-state index in [1.807, 2.05) is 17.0 Å². The smallest absolute Gasteiger partial charge is 0.264 e. The minimum absolute atomic E-state index is 0.00806. The van der Waals surface area contributed by atoms with Gasteiger partial charge >= 0.3 is 0 Å². The fraction of sp³-hybridized carbons (Fsp3) is 0.263. The molecular weight excluding hydrogens is 438 g/mol. The first-order valence-electron chi connectivity index (χ1n) is 9.56. The number of aromatic nitrogens is 3. The number of nitrogens with one attached hydrogen (secondary N) is 3. The van der Waals surface area contributed by atoms with E-state index in [4.69, 9.17) is 12.2 Å². The van der Waals surface area contributed by atoms with Crippen molar-refractivity contribution in [3.63, 3.8) is 0 Å². The fourth-order valence-electron chi connectivity index (χ4n) is 3.40. The second kappa shape index (κ2) is 8.47. The van der Waals surface area contributed by atoms with Gasteiger partial charge in [-0.05, 0) is 42.5 Å². The molecule has 0 unspecified atom stereocenters. The summed E-state index contributed by atoms with van der Waals surface area (Å²) < 4.78 is 26.0. The number of carbonyl (C=O) groups excluding carboxylic acids is 1. The van der Waals surface area contributed by atoms with Crippen molar-refractivity contribution in [2.75, 3.05) is 36.4 Å². The van der Waals surface area contributed by atoms with Crippen molar-refractivity contribution in [2.45, 2.75) is 11.8 Å². The molecule has 31 heavy (non-hydrogen) atoms. The van der Waals surface area contributed by atoms with Crippen molar-refractivity contribution < 1.29 is 13.2 Å². The number of H-pyrrole nitrogens is 1. The fourth-order valence-corrected chi connectivity index (χ4v) is 4.69. The Hall–Kier alpha value is -3.25. The monoisotopic (exact) mass is 459 g/mol. The van der Waals surface area contributed by atoms with E-state index in [-0.39, 0.29) is 4.90 Å². The normalized spacial score (nSPS) is 14.5. The molecule has 3 heterocycles. The Labute approximate surface area is 184 Å². The first-order chi connectivity index (χ1) is 14.8. The number of thiocarbonyl (C=S) groups is 1. The van der Waals surface area contributed by atoms with Crippen LogP contribution >= 0.6 is 12.2 Å². The van der Waals surface area contributed by atoms with Crippen molar-refractivity contribution in [3.05, 3.63) is 42.9 Å². The topological polar surface area (TPSA) is 123 Å². The number of hydrogen-bond acceptors (Lipinski definition) is 7. The van der Waals surface area contributed by atoms with Crippen LogP contribution in [-0.2, 0) is 14.8 Å². The van der Waals surface area contributed by atoms with E-state index in [9.17, 15) is 13.2 Å². The van der Waals surface area contributed by atoms with Gasteiger partial charge in [0.1, 0.15) is 17.8 Å². The molecule has 0 radical (unpaired) electrons. The molecule has 1 aliphatic heterocycles. The number of amides is 1. The Morgan fingerprint density at radius 2 is 1.81 bits per heavy atom. The zero-order valence-electron chi connectivity index (χ0n) is 16.7. The van der Waals surface area contributed by atoms with E-state index >= 15 is 0 Å². The van der Waals surface area contributed by atoms with E-state index in [0.717, 1.165) is 50.0 Å². The molecule has 0 spiro atoms. The summed E-state index contributed by atoms with van der Waals surface area (Å²) in [5.41, 5.74) is 1.48. The molecular formula is C19H21N7O3S2. The maximum Gasteiger partial charge on any atom is 0.264 e. The van der Waals surface area contributed by atoms with Gasteiger partial charge in [-0.25, -0.2) is 23.1 Å². The van der Waals surface area contributed by atoms with E-state index in [1.54, 1.807) is 18.5 Å². The van der Waals surface area contributed by atoms with Crippen LogP contribution in [0.25, 0.3) is 11.0 Å². The molecule has 12 heteroatoms. The average molecular weight is 460 g/mol. The number of nitrogens with zero attached hydrogens (tertiary/aromatic N) is 4. The van der Waals surface area contributed by atoms with E-state index in [0.29, 0.717) is 10.8 Å². The Kier molecular flexibility index (Phi) is 5.74. The van der Waals surface area contributed by atoms with Crippen molar-refractivity contribution >= 4 is 55.8 Å². The van der Waals surface area contributed by atoms with Gasteiger partial charge in [-0.3, -0.25) is 4.79 Å². The van der Waals surface area contributed by atoms with Crippen LogP contribution in [0.2, 0.25) is 0 Å². The first kappa shape index (κ1) is 21.0. The summed E-state index contributed by atoms with van der Waals surface area (Å²) in [6.07, 6.45) is 3.41. The van der Waals surface area contributed by atoms with Gasteiger partial charge in [0.05, 0.1) is 10.3 Å². The summed E-state index contributed by atoms with van der Waals surface area (Å²) in [5.74, 6) is 0.266. The summed E-state index contributed by atoms with van der Waals surface area (Å²) >= 11 is 5.53. The van der Waals surface area contributed by atoms with Crippen molar-refractivity contribution in [1.82, 2.24) is 24.6 Å². The summed E-state index contributed by atoms with van der Waals surface area (Å²) in [4.78, 5) is 27.1. The van der Waals surface area contributed by atoms with Gasteiger partial charge < -0.3 is 20.1 Å². The summed E-state index contributed by atoms with van der Waals surface area (Å²) in [7, 11) is -3.86. The minimum atomic E-state index is -3.86. The third-order valence-corrected chi connectivity index (χ3v) is 6.70. The zero-order valence-corrected chi connectivity index (χ0v) is 18.3. The van der Waals surface area contributed by atoms with E-state index in [2.05, 4.69) is 30.1 Å². The van der Waals surface area contributed by atoms with Crippen molar-refractivity contribution in [2.24, 2.45) is 0 Å². The molecule has 1 amide bonds. The van der Waals surface area contributed by atoms with Gasteiger partial charge in [-0.15, -0.1) is 0 Å². The van der Waals surface area contributed by atoms with Crippen LogP contribution in [0, 0.1) is 0 Å². The van der Waals surface area contributed by atoms with E-state index in [1.165, 1.54) is 12.1 Å². The summed E-state index contributed by atoms with van der Waals surface area (Å²) in [5, 5.41) is 4.69. The average Bonchev–Trinajstić information content (AvgIpc) is 3.22. The van der Waals surface area contributed by atoms with Gasteiger partial charge in [-0.1, -0.05) is 0 Å². The number of rotatable bonds is 4. The molecule has 0 bridgehead atoms. The lowest BCUT2D eigenvalue weighted by molar-refractivity contribution is -0.117. The minimum Gasteiger partial charge on any atom is -0.352 e. The number of carbonyl (C=O) groups is 1. The lowest BCUT2D eigenvalue weighted by Crippen LogP contribution is -2.50. The molecule has 0 aliphatic carbocycles. The Bertz CT molecular complexity index is 1220. The molecule has 1 fully saturated rings. The highest BCUT2D eigenvalue weighted by molar-refractivity contribution is 7.90. The number of fused-ring (bicyclic) bond motifs is 1. The number of hydrogen-bond donors (Lipinski definition) is 3. The lowest BCUT2D eigenvalue weighted by Gasteiger charge is -2.37. The Balaban J connectivity index is 1.36. The number of aromatic amines is 1. The zero-order chi connectivity index (χ0) is 22.0. The Morgan fingerprint density at radius 3 is 2.48 bits per heavy atom. The number of sulfonamides is 1. The predicted octanol–water partition coefficient (Wildman–Crippen LogP) is 1.30. The molecule has 4 rings (SSSR count).